The van der Waals surface area contributed by atoms with Crippen molar-refractivity contribution in [1.82, 2.24) is 10.6 Å². The minimum atomic E-state index is -4.33. The number of hydrogen-bond donors (Lipinski definition) is 5. The summed E-state index contributed by atoms with van der Waals surface area (Å²) < 4.78 is 38.1. The van der Waals surface area contributed by atoms with Crippen molar-refractivity contribution in [2.75, 3.05) is 19.3 Å². The Morgan fingerprint density at radius 1 is 1.04 bits per heavy atom. The van der Waals surface area contributed by atoms with Gasteiger partial charge in [-0.1, -0.05) is 95.7 Å². The van der Waals surface area contributed by atoms with Crippen LogP contribution in [0.5, 0.6) is 0 Å². The van der Waals surface area contributed by atoms with Crippen LogP contribution in [0.3, 0.4) is 0 Å². The number of allylic oxidation sites excluding steroid dienone is 4. The molecule has 0 aromatic heterocycles. The maximum atomic E-state index is 14.8. The molecule has 1 aliphatic heterocycles. The summed E-state index contributed by atoms with van der Waals surface area (Å²) in [5.74, 6) is 3.50. The van der Waals surface area contributed by atoms with E-state index in [1.807, 2.05) is 33.8 Å². The number of aliphatic hydroxyl groups excluding tert-OH is 1. The van der Waals surface area contributed by atoms with Crippen LogP contribution < -0.4 is 16.4 Å². The first-order valence-electron chi connectivity index (χ1n) is 26.7. The van der Waals surface area contributed by atoms with Gasteiger partial charge in [0.1, 0.15) is 6.61 Å². The molecule has 1 aromatic rings. The van der Waals surface area contributed by atoms with Gasteiger partial charge >= 0.3 is 19.6 Å². The van der Waals surface area contributed by atoms with Crippen LogP contribution >= 0.6 is 34.6 Å². The van der Waals surface area contributed by atoms with E-state index in [0.29, 0.717) is 36.8 Å². The second kappa shape index (κ2) is 26.7. The van der Waals surface area contributed by atoms with Crippen LogP contribution in [0, 0.1) is 58.2 Å². The van der Waals surface area contributed by atoms with Crippen molar-refractivity contribution >= 4 is 69.8 Å². The first-order valence-corrected chi connectivity index (χ1v) is 28.5. The molecule has 4 fully saturated rings. The molecule has 3 amide bonds. The lowest BCUT2D eigenvalue weighted by molar-refractivity contribution is -0.199. The van der Waals surface area contributed by atoms with Crippen molar-refractivity contribution in [3.05, 3.63) is 59.2 Å². The predicted octanol–water partition coefficient (Wildman–Crippen LogP) is 7.58. The number of benzene rings is 1. The number of carbonyl (C=O) groups is 6. The molecule has 0 spiro atoms. The average molecular weight is 1100 g/mol. The van der Waals surface area contributed by atoms with E-state index in [2.05, 4.69) is 29.4 Å². The lowest BCUT2D eigenvalue weighted by atomic mass is 9.46. The number of nitrogens with two attached hydrogens (primary N) is 1. The molecule has 7 rings (SSSR count). The zero-order chi connectivity index (χ0) is 52.7. The Morgan fingerprint density at radius 3 is 2.48 bits per heavy atom. The number of carbonyl (C=O) groups excluding carboxylic acids is 6. The number of urea groups is 1. The first kappa shape index (κ1) is 62.1. The summed E-state index contributed by atoms with van der Waals surface area (Å²) in [4.78, 5) is 90.2. The third-order valence-corrected chi connectivity index (χ3v) is 18.3. The van der Waals surface area contributed by atoms with Crippen LogP contribution in [-0.2, 0) is 60.3 Å². The zero-order valence-corrected chi connectivity index (χ0v) is 47.3. The van der Waals surface area contributed by atoms with Crippen molar-refractivity contribution in [2.24, 2.45) is 52.1 Å². The molecule has 6 N–H and O–H groups in total. The Labute approximate surface area is 457 Å². The van der Waals surface area contributed by atoms with Gasteiger partial charge in [-0.2, -0.15) is 27.0 Å². The molecular formula is C56H82N3O13PS2. The molecule has 1 aromatic carbocycles. The lowest BCUT2D eigenvalue weighted by Gasteiger charge is -2.59. The van der Waals surface area contributed by atoms with E-state index in [1.54, 1.807) is 36.4 Å². The Kier molecular flexibility index (Phi) is 22.1. The number of hydrogen-bond acceptors (Lipinski definition) is 12. The van der Waals surface area contributed by atoms with Gasteiger partial charge in [0.2, 0.25) is 5.91 Å². The van der Waals surface area contributed by atoms with Gasteiger partial charge < -0.3 is 45.1 Å². The average Bonchev–Trinajstić information content (AvgIpc) is 3.81. The first-order chi connectivity index (χ1) is 34.7. The van der Waals surface area contributed by atoms with Crippen LogP contribution in [0.4, 0.5) is 4.79 Å². The van der Waals surface area contributed by atoms with Crippen LogP contribution in [0.25, 0.3) is 0 Å². The fraction of sp³-hybridized carbons (Fsp3) is 0.679. The Bertz CT molecular complexity index is 2410. The molecule has 5 aliphatic carbocycles. The van der Waals surface area contributed by atoms with Crippen LogP contribution in [0.1, 0.15) is 142 Å². The molecule has 13 atom stereocenters. The largest absolute Gasteiger partial charge is 0.464 e. The van der Waals surface area contributed by atoms with Crippen LogP contribution in [-0.4, -0.2) is 94.7 Å². The maximum Gasteiger partial charge on any atom is 0.328 e. The Balaban J connectivity index is 0.00000520. The molecular weight excluding hydrogens is 1020 g/mol. The fourth-order valence-electron chi connectivity index (χ4n) is 13.1. The second-order valence-corrected chi connectivity index (χ2v) is 24.2. The Hall–Kier alpha value is -3.79. The number of fused-ring (bicyclic) bond motifs is 7. The quantitative estimate of drug-likeness (QED) is 0.0307. The minimum Gasteiger partial charge on any atom is -0.464 e. The normalized spacial score (nSPS) is 31.0. The number of amides is 3. The molecule has 416 valence electrons. The van der Waals surface area contributed by atoms with Gasteiger partial charge in [-0.25, -0.2) is 4.79 Å². The topological polar surface area (TPSA) is 247 Å². The van der Waals surface area contributed by atoms with Gasteiger partial charge in [0.15, 0.2) is 29.2 Å². The Morgan fingerprint density at radius 2 is 1.77 bits per heavy atom. The van der Waals surface area contributed by atoms with E-state index in [-0.39, 0.29) is 126 Å². The van der Waals surface area contributed by atoms with Gasteiger partial charge in [0.25, 0.3) is 0 Å². The highest BCUT2D eigenvalue weighted by Crippen LogP contribution is 2.70. The van der Waals surface area contributed by atoms with Gasteiger partial charge in [-0.05, 0) is 98.8 Å². The number of ketones is 3. The smallest absolute Gasteiger partial charge is 0.328 e. The molecule has 16 nitrogen and oxygen atoms in total. The van der Waals surface area contributed by atoms with Crippen molar-refractivity contribution in [1.29, 1.82) is 0 Å². The lowest BCUT2D eigenvalue weighted by Crippen LogP contribution is -2.63. The predicted molar refractivity (Wildman–Crippen MR) is 293 cm³/mol. The van der Waals surface area contributed by atoms with E-state index in [1.165, 1.54) is 0 Å². The number of nitrogens with one attached hydrogen (secondary N) is 2. The van der Waals surface area contributed by atoms with Crippen molar-refractivity contribution < 1.29 is 62.1 Å². The van der Waals surface area contributed by atoms with Gasteiger partial charge in [0, 0.05) is 42.6 Å². The summed E-state index contributed by atoms with van der Waals surface area (Å²) >= 11 is 0. The summed E-state index contributed by atoms with van der Waals surface area (Å²) in [6.07, 6.45) is 11.3. The number of esters is 1. The SMILES string of the molecule is CCCC1O[C@@H]2C[C@H]3[C@@H]4CCC5=CC(=O)C=C[C@]5(C)[C@H]4[C@@H](O)C[C@]3(C)[C@]2(C(=O)CCP(=O)(O)OCc2ccc(CC(=O)[C@H](CCCNC(N)=O)NC(=O)[C@@H](CC(=O)OCC3C#CCCCCC3)C(C)C)cc2)O1.S.S. The minimum absolute atomic E-state index is 0. The molecule has 75 heavy (non-hydrogen) atoms. The molecule has 6 aliphatic rings. The van der Waals surface area contributed by atoms with E-state index in [0.717, 1.165) is 50.5 Å². The van der Waals surface area contributed by atoms with E-state index in [4.69, 9.17) is 24.5 Å². The highest BCUT2D eigenvalue weighted by molar-refractivity contribution is 7.59. The second-order valence-electron chi connectivity index (χ2n) is 22.3. The monoisotopic (exact) mass is 1100 g/mol. The van der Waals surface area contributed by atoms with E-state index in [9.17, 15) is 43.3 Å². The summed E-state index contributed by atoms with van der Waals surface area (Å²) in [6.45, 7) is 9.90. The number of ether oxygens (including phenoxy) is 3. The van der Waals surface area contributed by atoms with Crippen LogP contribution in [0.2, 0.25) is 0 Å². The van der Waals surface area contributed by atoms with E-state index >= 15 is 0 Å². The molecule has 3 unspecified atom stereocenters. The highest BCUT2D eigenvalue weighted by atomic mass is 32.1. The van der Waals surface area contributed by atoms with E-state index < -0.39 is 78.6 Å². The third-order valence-electron chi connectivity index (χ3n) is 17.0. The summed E-state index contributed by atoms with van der Waals surface area (Å²) in [5.41, 5.74) is 4.70. The summed E-state index contributed by atoms with van der Waals surface area (Å²) in [7, 11) is -4.33. The summed E-state index contributed by atoms with van der Waals surface area (Å²) in [6, 6.07) is 5.09. The molecule has 19 heteroatoms. The number of Topliss-reactive ketones (excluding diaryl/α,β-unsaturated/α-hetero) is 2. The zero-order valence-electron chi connectivity index (χ0n) is 44.4. The fourth-order valence-corrected chi connectivity index (χ4v) is 14.1. The summed E-state index contributed by atoms with van der Waals surface area (Å²) in [5, 5.41) is 17.5. The van der Waals surface area contributed by atoms with Crippen molar-refractivity contribution in [3.63, 3.8) is 0 Å². The van der Waals surface area contributed by atoms with Crippen LogP contribution in [0.15, 0.2) is 48.1 Å². The number of primary amides is 1. The molecule has 0 radical (unpaired) electrons. The molecule has 0 bridgehead atoms. The van der Waals surface area contributed by atoms with Gasteiger partial charge in [-0.3, -0.25) is 28.5 Å². The van der Waals surface area contributed by atoms with Gasteiger partial charge in [-0.15, -0.1) is 5.92 Å². The third kappa shape index (κ3) is 14.3. The maximum absolute atomic E-state index is 14.8. The highest BCUT2D eigenvalue weighted by Gasteiger charge is 2.75. The van der Waals surface area contributed by atoms with Gasteiger partial charge in [0.05, 0.1) is 49.3 Å². The van der Waals surface area contributed by atoms with Crippen molar-refractivity contribution in [2.45, 2.75) is 174 Å². The van der Waals surface area contributed by atoms with Crippen molar-refractivity contribution in [3.8, 4) is 11.8 Å². The molecule has 1 heterocycles. The standard InChI is InChI=1S/C56H78N3O13P.2H2S/c1-6-13-50-71-48-31-43-41-22-21-39-29-40(60)23-25-54(39,4)51(41)46(62)32-55(43,5)56(48,72-50)47(63)24-27-73(67,68)70-34-38-19-17-36(18-20-38)28-45(61)44(16-12-26-58-53(57)66)59-52(65)42(35(2)3)30-49(64)69-33-37-14-10-8-7-9-11-15-37;;/h17-20,23,25,29,35,37,41-44,46,48,50-51,62H,6-10,12-14,16,21-22,24,26-28,30-34H2,1-5H3,(H,59,65)(H,67,68)(H3,57,58,66);2*1H2/t37?,41-,42-,43-,44-,46-,48+,50?,51+,54-,55-,56+;;/m0../s1. The molecule has 3 saturated carbocycles. The molecule has 1 saturated heterocycles. The number of rotatable bonds is 23. The number of aliphatic hydroxyl groups is 1.